The van der Waals surface area contributed by atoms with E-state index in [4.69, 9.17) is 0 Å². The molecular weight excluding hydrogens is 227 g/mol. The molecule has 8 heteroatoms. The van der Waals surface area contributed by atoms with Crippen LogP contribution in [0.15, 0.2) is 0 Å². The van der Waals surface area contributed by atoms with Gasteiger partial charge in [-0.3, -0.25) is 9.59 Å². The van der Waals surface area contributed by atoms with Crippen molar-refractivity contribution in [3.8, 4) is 0 Å². The average Bonchev–Trinajstić information content (AvgIpc) is 2.26. The third-order valence-corrected chi connectivity index (χ3v) is 2.58. The highest BCUT2D eigenvalue weighted by Crippen LogP contribution is 2.28. The van der Waals surface area contributed by atoms with Crippen molar-refractivity contribution in [3.05, 3.63) is 0 Å². The Hall–Kier alpha value is -0.630. The van der Waals surface area contributed by atoms with E-state index in [0.29, 0.717) is 11.8 Å². The molecule has 0 aromatic carbocycles. The molecule has 1 fully saturated rings. The number of carbonyl (C=O) groups is 2. The van der Waals surface area contributed by atoms with Gasteiger partial charge in [0.25, 0.3) is 5.78 Å². The number of halogens is 3. The van der Waals surface area contributed by atoms with Crippen molar-refractivity contribution in [3.63, 3.8) is 0 Å². The standard InChI is InChI=1S/C5H2F3NO2S2/c6-5(7,8)2(10)1-3(11)9-4(12)13-1/h1H,(H,9,11,12). The number of ketones is 1. The fourth-order valence-corrected chi connectivity index (χ4v) is 1.85. The van der Waals surface area contributed by atoms with Crippen molar-refractivity contribution < 1.29 is 22.8 Å². The van der Waals surface area contributed by atoms with Crippen LogP contribution in [-0.2, 0) is 9.59 Å². The van der Waals surface area contributed by atoms with E-state index in [2.05, 4.69) is 12.2 Å². The number of alkyl halides is 3. The summed E-state index contributed by atoms with van der Waals surface area (Å²) < 4.78 is 35.3. The monoisotopic (exact) mass is 229 g/mol. The first-order valence-corrected chi connectivity index (χ1v) is 4.23. The molecule has 1 unspecified atom stereocenters. The summed E-state index contributed by atoms with van der Waals surface area (Å²) in [5, 5.41) is 0.184. The van der Waals surface area contributed by atoms with E-state index in [1.165, 1.54) is 0 Å². The number of nitrogens with one attached hydrogen (secondary N) is 1. The molecule has 72 valence electrons. The highest BCUT2D eigenvalue weighted by atomic mass is 32.2. The van der Waals surface area contributed by atoms with E-state index in [1.807, 2.05) is 5.32 Å². The maximum atomic E-state index is 11.8. The van der Waals surface area contributed by atoms with Gasteiger partial charge in [-0.05, 0) is 0 Å². The summed E-state index contributed by atoms with van der Waals surface area (Å²) in [6, 6.07) is 0. The van der Waals surface area contributed by atoms with Gasteiger partial charge in [-0.2, -0.15) is 13.2 Å². The van der Waals surface area contributed by atoms with Crippen molar-refractivity contribution in [2.24, 2.45) is 0 Å². The van der Waals surface area contributed by atoms with E-state index < -0.39 is 23.1 Å². The second-order valence-electron chi connectivity index (χ2n) is 2.14. The molecule has 1 N–H and O–H groups in total. The number of thiocarbonyl (C=S) groups is 1. The third-order valence-electron chi connectivity index (χ3n) is 1.21. The largest absolute Gasteiger partial charge is 0.451 e. The highest BCUT2D eigenvalue weighted by Gasteiger charge is 2.49. The van der Waals surface area contributed by atoms with Crippen LogP contribution in [-0.4, -0.2) is 27.4 Å². The number of thioether (sulfide) groups is 1. The number of carbonyl (C=O) groups excluding carboxylic acids is 2. The zero-order valence-electron chi connectivity index (χ0n) is 5.84. The second-order valence-corrected chi connectivity index (χ2v) is 3.92. The Morgan fingerprint density at radius 2 is 2.08 bits per heavy atom. The van der Waals surface area contributed by atoms with Gasteiger partial charge in [0.15, 0.2) is 5.25 Å². The van der Waals surface area contributed by atoms with Crippen LogP contribution in [0.25, 0.3) is 0 Å². The van der Waals surface area contributed by atoms with E-state index in [1.54, 1.807) is 0 Å². The van der Waals surface area contributed by atoms with Gasteiger partial charge in [-0.15, -0.1) is 0 Å². The molecule has 0 radical (unpaired) electrons. The van der Waals surface area contributed by atoms with E-state index in [0.717, 1.165) is 0 Å². The topological polar surface area (TPSA) is 46.2 Å². The summed E-state index contributed by atoms with van der Waals surface area (Å²) >= 11 is 4.84. The molecule has 13 heavy (non-hydrogen) atoms. The van der Waals surface area contributed by atoms with Gasteiger partial charge in [0.05, 0.1) is 0 Å². The van der Waals surface area contributed by atoms with Gasteiger partial charge >= 0.3 is 6.18 Å². The molecule has 0 aromatic heterocycles. The normalized spacial score (nSPS) is 23.2. The van der Waals surface area contributed by atoms with Crippen LogP contribution in [0.5, 0.6) is 0 Å². The molecule has 0 spiro atoms. The SMILES string of the molecule is O=C1NC(=S)SC1C(=O)C(F)(F)F. The molecule has 0 aromatic rings. The minimum absolute atomic E-state index is 0.104. The van der Waals surface area contributed by atoms with Gasteiger partial charge in [0.2, 0.25) is 5.91 Å². The lowest BCUT2D eigenvalue weighted by Crippen LogP contribution is -2.38. The number of hydrogen-bond donors (Lipinski definition) is 1. The van der Waals surface area contributed by atoms with Crippen LogP contribution < -0.4 is 5.32 Å². The van der Waals surface area contributed by atoms with Crippen LogP contribution in [0.4, 0.5) is 13.2 Å². The molecule has 1 amide bonds. The Labute approximate surface area is 80.0 Å². The summed E-state index contributed by atoms with van der Waals surface area (Å²) in [4.78, 5) is 21.3. The molecule has 1 rings (SSSR count). The maximum absolute atomic E-state index is 11.8. The van der Waals surface area contributed by atoms with Crippen molar-refractivity contribution >= 4 is 40.0 Å². The lowest BCUT2D eigenvalue weighted by molar-refractivity contribution is -0.171. The van der Waals surface area contributed by atoms with E-state index >= 15 is 0 Å². The Bertz CT molecular complexity index is 288. The van der Waals surface area contributed by atoms with E-state index in [-0.39, 0.29) is 4.32 Å². The molecule has 1 aliphatic rings. The quantitative estimate of drug-likeness (QED) is 0.529. The van der Waals surface area contributed by atoms with Crippen molar-refractivity contribution in [2.75, 3.05) is 0 Å². The summed E-state index contributed by atoms with van der Waals surface area (Å²) in [7, 11) is 0. The summed E-state index contributed by atoms with van der Waals surface area (Å²) in [5.41, 5.74) is 0. The third kappa shape index (κ3) is 2.19. The summed E-state index contributed by atoms with van der Waals surface area (Å²) in [6.45, 7) is 0. The summed E-state index contributed by atoms with van der Waals surface area (Å²) in [6.07, 6.45) is -4.99. The van der Waals surface area contributed by atoms with E-state index in [9.17, 15) is 22.8 Å². The number of rotatable bonds is 1. The van der Waals surface area contributed by atoms with Gasteiger partial charge in [0.1, 0.15) is 4.32 Å². The van der Waals surface area contributed by atoms with Crippen LogP contribution in [0.1, 0.15) is 0 Å². The molecular formula is C5H2F3NO2S2. The first-order chi connectivity index (χ1) is 5.82. The molecule has 1 heterocycles. The number of amides is 1. The molecule has 1 atom stereocenters. The fourth-order valence-electron chi connectivity index (χ4n) is 0.677. The van der Waals surface area contributed by atoms with Gasteiger partial charge in [-0.1, -0.05) is 24.0 Å². The zero-order valence-corrected chi connectivity index (χ0v) is 7.48. The molecule has 1 saturated heterocycles. The molecule has 0 bridgehead atoms. The lowest BCUT2D eigenvalue weighted by Gasteiger charge is -2.06. The number of Topliss-reactive ketones (excluding diaryl/α,β-unsaturated/α-hetero) is 1. The highest BCUT2D eigenvalue weighted by molar-refractivity contribution is 8.24. The van der Waals surface area contributed by atoms with Gasteiger partial charge < -0.3 is 5.32 Å². The van der Waals surface area contributed by atoms with Crippen LogP contribution in [0.3, 0.4) is 0 Å². The lowest BCUT2D eigenvalue weighted by atomic mass is 10.2. The predicted molar refractivity (Wildman–Crippen MR) is 43.2 cm³/mol. The second kappa shape index (κ2) is 3.26. The van der Waals surface area contributed by atoms with Crippen molar-refractivity contribution in [1.29, 1.82) is 0 Å². The molecule has 3 nitrogen and oxygen atoms in total. The van der Waals surface area contributed by atoms with Crippen LogP contribution in [0.2, 0.25) is 0 Å². The first kappa shape index (κ1) is 10.5. The van der Waals surface area contributed by atoms with Gasteiger partial charge in [0, 0.05) is 0 Å². The number of hydrogen-bond acceptors (Lipinski definition) is 4. The minimum Gasteiger partial charge on any atom is -0.310 e. The molecule has 0 saturated carbocycles. The predicted octanol–water partition coefficient (Wildman–Crippen LogP) is 0.634. The van der Waals surface area contributed by atoms with Gasteiger partial charge in [-0.25, -0.2) is 0 Å². The first-order valence-electron chi connectivity index (χ1n) is 2.95. The van der Waals surface area contributed by atoms with Crippen molar-refractivity contribution in [1.82, 2.24) is 5.32 Å². The zero-order chi connectivity index (χ0) is 10.2. The Balaban J connectivity index is 2.80. The fraction of sp³-hybridized carbons (Fsp3) is 0.400. The Kier molecular flexibility index (Phi) is 2.62. The van der Waals surface area contributed by atoms with Crippen LogP contribution in [0, 0.1) is 0 Å². The molecule has 0 aliphatic carbocycles. The maximum Gasteiger partial charge on any atom is 0.451 e. The smallest absolute Gasteiger partial charge is 0.310 e. The Morgan fingerprint density at radius 3 is 2.38 bits per heavy atom. The van der Waals surface area contributed by atoms with Crippen molar-refractivity contribution in [2.45, 2.75) is 11.4 Å². The minimum atomic E-state index is -4.99. The molecule has 1 aliphatic heterocycles. The Morgan fingerprint density at radius 1 is 1.54 bits per heavy atom. The summed E-state index contributed by atoms with van der Waals surface area (Å²) in [5.74, 6) is -3.08. The van der Waals surface area contributed by atoms with Crippen LogP contribution >= 0.6 is 24.0 Å². The average molecular weight is 229 g/mol.